The first-order valence-corrected chi connectivity index (χ1v) is 28.9. The molecule has 2 saturated carbocycles. The molecular weight excluding hydrogens is 1020 g/mol. The standard InChI is InChI=1S/C50H79F9N3O7PS2/c1-36(2)62(37(3)4)70(68-28-21-60-7)69-35-38(5)12-9-24-63-30-32-71-72-33-31-64-25-10-22-61(8)23-29-65-40-14-16-41-39(34-40)13-15-43-42(41)19-20-46(6)44(43)17-18-45(46)66-26-11-27-67-47(48(51,52)53,49(54,55)56)50(57,58)59/h14,16,34,36-38,42-45H,9-13,15,17-33,35H2,1-6,8H3/t38?,42-,43-,44+,45+,46+,70?/m1/s1/i5D. The molecule has 7 atom stereocenters. The van der Waals surface area contributed by atoms with Crippen LogP contribution in [-0.4, -0.2) is 150 Å². The van der Waals surface area contributed by atoms with Gasteiger partial charge in [-0.1, -0.05) is 41.5 Å². The zero-order valence-corrected chi connectivity index (χ0v) is 45.3. The lowest BCUT2D eigenvalue weighted by molar-refractivity contribution is -0.457. The van der Waals surface area contributed by atoms with Crippen molar-refractivity contribution < 1.29 is 73.6 Å². The number of ether oxygens (including phenoxy) is 5. The number of benzene rings is 1. The van der Waals surface area contributed by atoms with Crippen molar-refractivity contribution in [2.24, 2.45) is 23.2 Å². The quantitative estimate of drug-likeness (QED) is 0.0218. The highest BCUT2D eigenvalue weighted by Gasteiger charge is 2.85. The number of hydrogen-bond acceptors (Lipinski definition) is 11. The molecule has 4 rings (SSSR count). The minimum atomic E-state index is -6.75. The van der Waals surface area contributed by atoms with E-state index in [9.17, 15) is 39.5 Å². The summed E-state index contributed by atoms with van der Waals surface area (Å²) in [4.78, 5) is 5.62. The third kappa shape index (κ3) is 17.9. The molecule has 0 aromatic heterocycles. The van der Waals surface area contributed by atoms with Gasteiger partial charge in [-0.2, -0.15) is 39.5 Å². The Morgan fingerprint density at radius 1 is 0.806 bits per heavy atom. The normalized spacial score (nSPS) is 22.8. The summed E-state index contributed by atoms with van der Waals surface area (Å²) in [7, 11) is 4.33. The molecule has 0 N–H and O–H groups in total. The Bertz CT molecular complexity index is 1750. The van der Waals surface area contributed by atoms with Crippen LogP contribution in [0.15, 0.2) is 18.2 Å². The van der Waals surface area contributed by atoms with Gasteiger partial charge in [-0.25, -0.2) is 11.2 Å². The van der Waals surface area contributed by atoms with Gasteiger partial charge in [0.2, 0.25) is 6.54 Å². The Hall–Kier alpha value is -1.31. The number of likely N-dealkylation sites (N-methyl/N-ethyl adjacent to an activating group) is 1. The number of halogens is 9. The Morgan fingerprint density at radius 2 is 1.47 bits per heavy atom. The first-order chi connectivity index (χ1) is 34.5. The summed E-state index contributed by atoms with van der Waals surface area (Å²) in [6.07, 6.45) is -13.5. The fraction of sp³-hybridized carbons (Fsp3) is 0.860. The number of rotatable bonds is 34. The number of nitrogens with zero attached hydrogens (tertiary/aromatic N) is 3. The van der Waals surface area contributed by atoms with Gasteiger partial charge < -0.3 is 42.5 Å². The molecule has 3 aliphatic carbocycles. The molecule has 72 heavy (non-hydrogen) atoms. The van der Waals surface area contributed by atoms with Gasteiger partial charge in [-0.3, -0.25) is 0 Å². The Kier molecular flexibility index (Phi) is 25.6. The number of fused-ring (bicyclic) bond motifs is 5. The monoisotopic (exact) mass is 1100 g/mol. The van der Waals surface area contributed by atoms with Crippen LogP contribution in [-0.2, 0) is 34.4 Å². The van der Waals surface area contributed by atoms with Crippen molar-refractivity contribution in [3.05, 3.63) is 40.7 Å². The first-order valence-electron chi connectivity index (χ1n) is 26.0. The van der Waals surface area contributed by atoms with Crippen LogP contribution in [0, 0.1) is 29.7 Å². The van der Waals surface area contributed by atoms with Crippen LogP contribution < -0.4 is 4.74 Å². The van der Waals surface area contributed by atoms with Crippen molar-refractivity contribution in [3.63, 3.8) is 0 Å². The molecule has 1 aromatic rings. The van der Waals surface area contributed by atoms with Gasteiger partial charge in [0.15, 0.2) is 0 Å². The molecule has 0 amide bonds. The zero-order chi connectivity index (χ0) is 53.9. The highest BCUT2D eigenvalue weighted by molar-refractivity contribution is 8.76. The summed E-state index contributed by atoms with van der Waals surface area (Å²) in [5.74, 6) is 3.72. The fourth-order valence-corrected chi connectivity index (χ4v) is 13.9. The Balaban J connectivity index is 1.03. The lowest BCUT2D eigenvalue weighted by Crippen LogP contribution is -2.67. The van der Waals surface area contributed by atoms with E-state index in [-0.39, 0.29) is 43.0 Å². The lowest BCUT2D eigenvalue weighted by atomic mass is 9.55. The third-order valence-corrected chi connectivity index (χ3v) is 18.4. The van der Waals surface area contributed by atoms with Crippen LogP contribution >= 0.6 is 30.1 Å². The van der Waals surface area contributed by atoms with Crippen molar-refractivity contribution >= 4 is 30.1 Å². The van der Waals surface area contributed by atoms with E-state index < -0.39 is 45.7 Å². The summed E-state index contributed by atoms with van der Waals surface area (Å²) < 4.78 is 169. The zero-order valence-electron chi connectivity index (χ0n) is 43.8. The van der Waals surface area contributed by atoms with Crippen LogP contribution in [0.3, 0.4) is 0 Å². The van der Waals surface area contributed by atoms with Crippen LogP contribution in [0.1, 0.15) is 118 Å². The third-order valence-electron chi connectivity index (χ3n) is 14.0. The smallest absolute Gasteiger partial charge is 0.435 e. The summed E-state index contributed by atoms with van der Waals surface area (Å²) in [6, 6.07) is 6.81. The molecule has 10 nitrogen and oxygen atoms in total. The second-order valence-electron chi connectivity index (χ2n) is 19.8. The van der Waals surface area contributed by atoms with Gasteiger partial charge in [0.05, 0.1) is 32.5 Å². The van der Waals surface area contributed by atoms with Crippen LogP contribution in [0.25, 0.3) is 4.85 Å². The summed E-state index contributed by atoms with van der Waals surface area (Å²) in [5, 5.41) is 0. The van der Waals surface area contributed by atoms with Crippen molar-refractivity contribution in [3.8, 4) is 5.75 Å². The lowest BCUT2D eigenvalue weighted by Gasteiger charge is -2.50. The average molecular weight is 1100 g/mol. The van der Waals surface area contributed by atoms with Crippen molar-refractivity contribution in [2.45, 2.75) is 154 Å². The number of hydrogen-bond donors (Lipinski definition) is 0. The second-order valence-corrected chi connectivity index (χ2v) is 24.0. The molecule has 0 heterocycles. The van der Waals surface area contributed by atoms with Gasteiger partial charge in [0.25, 0.3) is 8.53 Å². The molecular formula is C50H79F9N3O7PS2. The molecule has 0 saturated heterocycles. The highest BCUT2D eigenvalue weighted by Crippen LogP contribution is 2.62. The van der Waals surface area contributed by atoms with Crippen molar-refractivity contribution in [1.29, 1.82) is 0 Å². The molecule has 416 valence electrons. The minimum absolute atomic E-state index is 0.0990. The molecule has 1 aromatic carbocycles. The topological polar surface area (TPSA) is 75.5 Å². The van der Waals surface area contributed by atoms with E-state index >= 15 is 0 Å². The maximum atomic E-state index is 13.2. The van der Waals surface area contributed by atoms with E-state index in [2.05, 4.69) is 73.0 Å². The SMILES string of the molecule is [2H]CC(CCCOCCSSCCOCCCN(C)CCOc1ccc2c(c1)CC[C@@H]1[C@@H]2CC[C@]2(C)[C@@H](OCCCOC(C(F)(F)F)(C(F)(F)F)C(F)(F)F)CC[C@@H]12)COP(OCC[N+]#[C-])N(C(C)C)C(C)C. The minimum Gasteiger partial charge on any atom is -0.492 e. The van der Waals surface area contributed by atoms with Crippen molar-refractivity contribution in [2.75, 3.05) is 97.6 Å². The predicted molar refractivity (Wildman–Crippen MR) is 267 cm³/mol. The van der Waals surface area contributed by atoms with E-state index in [4.69, 9.17) is 35.9 Å². The molecule has 2 unspecified atom stereocenters. The maximum Gasteiger partial charge on any atom is 0.435 e. The van der Waals surface area contributed by atoms with Crippen LogP contribution in [0.5, 0.6) is 5.75 Å². The van der Waals surface area contributed by atoms with Gasteiger partial charge in [0, 0.05) is 57.9 Å². The highest BCUT2D eigenvalue weighted by atomic mass is 33.1. The molecule has 0 radical (unpaired) electrons. The molecule has 2 fully saturated rings. The van der Waals surface area contributed by atoms with Gasteiger partial charge in [0.1, 0.15) is 19.0 Å². The van der Waals surface area contributed by atoms with Gasteiger partial charge in [-0.15, -0.1) is 0 Å². The fourth-order valence-electron chi connectivity index (χ4n) is 10.5. The maximum absolute atomic E-state index is 13.2. The van der Waals surface area contributed by atoms with Crippen molar-refractivity contribution in [1.82, 2.24) is 9.57 Å². The van der Waals surface area contributed by atoms with E-state index in [1.54, 1.807) is 21.6 Å². The summed E-state index contributed by atoms with van der Waals surface area (Å²) in [5.41, 5.74) is -3.96. The van der Waals surface area contributed by atoms with Gasteiger partial charge in [-0.05, 0) is 151 Å². The van der Waals surface area contributed by atoms with E-state index in [0.717, 1.165) is 81.7 Å². The number of aryl methyl sites for hydroxylation is 1. The predicted octanol–water partition coefficient (Wildman–Crippen LogP) is 13.6. The van der Waals surface area contributed by atoms with Gasteiger partial charge >= 0.3 is 24.1 Å². The largest absolute Gasteiger partial charge is 0.492 e. The summed E-state index contributed by atoms with van der Waals surface area (Å²) >= 11 is 0. The second kappa shape index (κ2) is 30.0. The molecule has 3 aliphatic rings. The van der Waals surface area contributed by atoms with E-state index in [0.29, 0.717) is 77.0 Å². The average Bonchev–Trinajstić information content (AvgIpc) is 3.65. The summed E-state index contributed by atoms with van der Waals surface area (Å²) in [6.45, 7) is 22.1. The number of alkyl halides is 9. The van der Waals surface area contributed by atoms with Crippen LogP contribution in [0.4, 0.5) is 39.5 Å². The Morgan fingerprint density at radius 3 is 2.10 bits per heavy atom. The van der Waals surface area contributed by atoms with Crippen LogP contribution in [0.2, 0.25) is 0 Å². The molecule has 0 aliphatic heterocycles. The molecule has 0 spiro atoms. The van der Waals surface area contributed by atoms with E-state index in [1.807, 2.05) is 6.07 Å². The van der Waals surface area contributed by atoms with E-state index in [1.165, 1.54) is 11.1 Å². The molecule has 0 bridgehead atoms. The first kappa shape index (κ1) is 61.5. The Labute approximate surface area is 433 Å². The molecule has 22 heteroatoms.